The lowest BCUT2D eigenvalue weighted by atomic mass is 10.2. The first-order valence-corrected chi connectivity index (χ1v) is 7.15. The van der Waals surface area contributed by atoms with E-state index in [2.05, 4.69) is 10.6 Å². The number of rotatable bonds is 6. The Bertz CT molecular complexity index is 481. The molecule has 0 aliphatic heterocycles. The molecule has 1 aliphatic carbocycles. The Balaban J connectivity index is 1.65. The summed E-state index contributed by atoms with van der Waals surface area (Å²) < 4.78 is 5.64. The molecule has 114 valence electrons. The minimum Gasteiger partial charge on any atom is -0.478 e. The van der Waals surface area contributed by atoms with Gasteiger partial charge in [0.25, 0.3) is 0 Å². The molecule has 0 saturated heterocycles. The topological polar surface area (TPSA) is 87.7 Å². The molecule has 1 aliphatic rings. The van der Waals surface area contributed by atoms with E-state index in [0.717, 1.165) is 12.8 Å². The SMILES string of the molecule is O=C(NCCOC1CCCC1)Nc1ccc(C(=O)O)cc1. The van der Waals surface area contributed by atoms with Crippen molar-refractivity contribution in [3.05, 3.63) is 29.8 Å². The number of hydrogen-bond donors (Lipinski definition) is 3. The van der Waals surface area contributed by atoms with Crippen LogP contribution in [0, 0.1) is 0 Å². The van der Waals surface area contributed by atoms with Gasteiger partial charge in [0.1, 0.15) is 0 Å². The molecule has 3 N–H and O–H groups in total. The molecular weight excluding hydrogens is 272 g/mol. The zero-order valence-corrected chi connectivity index (χ0v) is 11.8. The number of aromatic carboxylic acids is 1. The highest BCUT2D eigenvalue weighted by Crippen LogP contribution is 2.20. The van der Waals surface area contributed by atoms with Gasteiger partial charge in [-0.15, -0.1) is 0 Å². The van der Waals surface area contributed by atoms with Crippen molar-refractivity contribution in [2.24, 2.45) is 0 Å². The number of nitrogens with one attached hydrogen (secondary N) is 2. The van der Waals surface area contributed by atoms with Gasteiger partial charge in [0.15, 0.2) is 0 Å². The van der Waals surface area contributed by atoms with Gasteiger partial charge in [0.05, 0.1) is 18.3 Å². The van der Waals surface area contributed by atoms with Gasteiger partial charge in [-0.05, 0) is 37.1 Å². The summed E-state index contributed by atoms with van der Waals surface area (Å²) in [6.07, 6.45) is 5.03. The van der Waals surface area contributed by atoms with Crippen LogP contribution in [0.3, 0.4) is 0 Å². The molecule has 2 amide bonds. The molecule has 0 bridgehead atoms. The largest absolute Gasteiger partial charge is 0.478 e. The number of ether oxygens (including phenoxy) is 1. The van der Waals surface area contributed by atoms with Crippen molar-refractivity contribution in [2.45, 2.75) is 31.8 Å². The Morgan fingerprint density at radius 2 is 1.86 bits per heavy atom. The van der Waals surface area contributed by atoms with Crippen LogP contribution in [0.2, 0.25) is 0 Å². The van der Waals surface area contributed by atoms with Crippen LogP contribution in [0.5, 0.6) is 0 Å². The first kappa shape index (κ1) is 15.3. The summed E-state index contributed by atoms with van der Waals surface area (Å²) in [6.45, 7) is 0.964. The molecule has 1 aromatic rings. The molecule has 0 radical (unpaired) electrons. The van der Waals surface area contributed by atoms with Crippen LogP contribution < -0.4 is 10.6 Å². The Kier molecular flexibility index (Phi) is 5.57. The van der Waals surface area contributed by atoms with Gasteiger partial charge in [-0.3, -0.25) is 0 Å². The molecule has 0 heterocycles. The van der Waals surface area contributed by atoms with Crippen LogP contribution >= 0.6 is 0 Å². The third-order valence-electron chi connectivity index (χ3n) is 3.43. The van der Waals surface area contributed by atoms with E-state index in [1.807, 2.05) is 0 Å². The Labute approximate surface area is 123 Å². The summed E-state index contributed by atoms with van der Waals surface area (Å²) in [5.74, 6) is -0.991. The number of hydrogen-bond acceptors (Lipinski definition) is 3. The van der Waals surface area contributed by atoms with Crippen molar-refractivity contribution in [3.8, 4) is 0 Å². The van der Waals surface area contributed by atoms with Crippen LogP contribution in [-0.2, 0) is 4.74 Å². The molecule has 21 heavy (non-hydrogen) atoms. The van der Waals surface area contributed by atoms with E-state index in [0.29, 0.717) is 24.9 Å². The lowest BCUT2D eigenvalue weighted by Crippen LogP contribution is -2.32. The number of amides is 2. The highest BCUT2D eigenvalue weighted by Gasteiger charge is 2.14. The first-order chi connectivity index (χ1) is 10.1. The van der Waals surface area contributed by atoms with Crippen LogP contribution in [0.15, 0.2) is 24.3 Å². The van der Waals surface area contributed by atoms with Crippen LogP contribution in [0.1, 0.15) is 36.0 Å². The number of carbonyl (C=O) groups excluding carboxylic acids is 1. The predicted octanol–water partition coefficient (Wildman–Crippen LogP) is 2.47. The minimum atomic E-state index is -0.991. The van der Waals surface area contributed by atoms with Crippen molar-refractivity contribution in [1.82, 2.24) is 5.32 Å². The average Bonchev–Trinajstić information content (AvgIpc) is 2.97. The fourth-order valence-corrected chi connectivity index (χ4v) is 2.32. The van der Waals surface area contributed by atoms with Crippen molar-refractivity contribution in [2.75, 3.05) is 18.5 Å². The summed E-state index contributed by atoms with van der Waals surface area (Å²) in [6, 6.07) is 5.67. The van der Waals surface area contributed by atoms with Crippen LogP contribution in [0.25, 0.3) is 0 Å². The molecule has 6 heteroatoms. The van der Waals surface area contributed by atoms with Crippen molar-refractivity contribution >= 4 is 17.7 Å². The van der Waals surface area contributed by atoms with Gasteiger partial charge in [0, 0.05) is 12.2 Å². The van der Waals surface area contributed by atoms with E-state index >= 15 is 0 Å². The fourth-order valence-electron chi connectivity index (χ4n) is 2.32. The van der Waals surface area contributed by atoms with Crippen molar-refractivity contribution in [1.29, 1.82) is 0 Å². The Morgan fingerprint density at radius 3 is 2.48 bits per heavy atom. The maximum atomic E-state index is 11.6. The van der Waals surface area contributed by atoms with Crippen LogP contribution in [-0.4, -0.2) is 36.4 Å². The monoisotopic (exact) mass is 292 g/mol. The lowest BCUT2D eigenvalue weighted by molar-refractivity contribution is 0.0615. The second-order valence-corrected chi connectivity index (χ2v) is 5.04. The molecule has 2 rings (SSSR count). The van der Waals surface area contributed by atoms with Crippen molar-refractivity contribution < 1.29 is 19.4 Å². The molecule has 1 saturated carbocycles. The van der Waals surface area contributed by atoms with Gasteiger partial charge in [-0.25, -0.2) is 9.59 Å². The number of anilines is 1. The molecule has 0 atom stereocenters. The molecule has 0 spiro atoms. The summed E-state index contributed by atoms with van der Waals surface area (Å²) in [5, 5.41) is 14.1. The summed E-state index contributed by atoms with van der Waals surface area (Å²) >= 11 is 0. The van der Waals surface area contributed by atoms with E-state index in [4.69, 9.17) is 9.84 Å². The first-order valence-electron chi connectivity index (χ1n) is 7.15. The van der Waals surface area contributed by atoms with Gasteiger partial charge in [-0.1, -0.05) is 12.8 Å². The van der Waals surface area contributed by atoms with Crippen molar-refractivity contribution in [3.63, 3.8) is 0 Å². The van der Waals surface area contributed by atoms with Gasteiger partial charge < -0.3 is 20.5 Å². The maximum Gasteiger partial charge on any atom is 0.335 e. The number of carboxylic acids is 1. The number of benzene rings is 1. The third-order valence-corrected chi connectivity index (χ3v) is 3.43. The highest BCUT2D eigenvalue weighted by atomic mass is 16.5. The van der Waals surface area contributed by atoms with E-state index in [1.165, 1.54) is 25.0 Å². The number of carboxylic acid groups (broad SMARTS) is 1. The normalized spacial score (nSPS) is 14.9. The lowest BCUT2D eigenvalue weighted by Gasteiger charge is -2.12. The van der Waals surface area contributed by atoms with Gasteiger partial charge in [-0.2, -0.15) is 0 Å². The summed E-state index contributed by atoms with van der Waals surface area (Å²) in [5.41, 5.74) is 0.736. The molecule has 6 nitrogen and oxygen atoms in total. The quantitative estimate of drug-likeness (QED) is 0.703. The summed E-state index contributed by atoms with van der Waals surface area (Å²) in [7, 11) is 0. The van der Waals surface area contributed by atoms with E-state index < -0.39 is 5.97 Å². The molecule has 1 fully saturated rings. The van der Waals surface area contributed by atoms with E-state index in [-0.39, 0.29) is 11.6 Å². The maximum absolute atomic E-state index is 11.6. The summed E-state index contributed by atoms with van der Waals surface area (Å²) in [4.78, 5) is 22.3. The highest BCUT2D eigenvalue weighted by molar-refractivity contribution is 5.91. The standard InChI is InChI=1S/C15H20N2O4/c18-14(19)11-5-7-12(8-6-11)17-15(20)16-9-10-21-13-3-1-2-4-13/h5-8,13H,1-4,9-10H2,(H,18,19)(H2,16,17,20). The van der Waals surface area contributed by atoms with Gasteiger partial charge >= 0.3 is 12.0 Å². The van der Waals surface area contributed by atoms with Gasteiger partial charge in [0.2, 0.25) is 0 Å². The second-order valence-electron chi connectivity index (χ2n) is 5.04. The third kappa shape index (κ3) is 5.07. The predicted molar refractivity (Wildman–Crippen MR) is 78.6 cm³/mol. The molecular formula is C15H20N2O4. The number of urea groups is 1. The fraction of sp³-hybridized carbons (Fsp3) is 0.467. The van der Waals surface area contributed by atoms with Crippen LogP contribution in [0.4, 0.5) is 10.5 Å². The molecule has 1 aromatic carbocycles. The Hall–Kier alpha value is -2.08. The minimum absolute atomic E-state index is 0.186. The molecule has 0 aromatic heterocycles. The zero-order valence-electron chi connectivity index (χ0n) is 11.8. The Morgan fingerprint density at radius 1 is 1.19 bits per heavy atom. The van der Waals surface area contributed by atoms with E-state index in [9.17, 15) is 9.59 Å². The number of carbonyl (C=O) groups is 2. The average molecular weight is 292 g/mol. The zero-order chi connectivity index (χ0) is 15.1. The molecule has 0 unspecified atom stereocenters. The smallest absolute Gasteiger partial charge is 0.335 e. The van der Waals surface area contributed by atoms with E-state index in [1.54, 1.807) is 12.1 Å². The second kappa shape index (κ2) is 7.64.